The van der Waals surface area contributed by atoms with Crippen molar-refractivity contribution in [3.8, 4) is 5.75 Å². The third-order valence-electron chi connectivity index (χ3n) is 5.56. The minimum absolute atomic E-state index is 0.00114. The standard InChI is InChI=1S/C23H25N5O6S2/c1-16-11-12-24-23(25-16)27-35(30,31)18-7-5-17(6-8-18)26-22(29)20-15-19(9-10-21(20)34-2)36(32,33)28-13-3-4-14-28/h5-12,15H,3-4,13-14H2,1-2H3,(H,26,29)(H,24,25,27). The van der Waals surface area contributed by atoms with Crippen molar-refractivity contribution in [1.29, 1.82) is 0 Å². The first-order chi connectivity index (χ1) is 17.1. The maximum absolute atomic E-state index is 13.0. The number of hydrogen-bond donors (Lipinski definition) is 2. The molecule has 0 spiro atoms. The van der Waals surface area contributed by atoms with Crippen LogP contribution in [0.15, 0.2) is 64.5 Å². The van der Waals surface area contributed by atoms with E-state index in [0.29, 0.717) is 24.5 Å². The quantitative estimate of drug-likeness (QED) is 0.451. The van der Waals surface area contributed by atoms with Crippen molar-refractivity contribution in [2.45, 2.75) is 29.6 Å². The number of sulfonamides is 2. The zero-order chi connectivity index (χ0) is 25.9. The van der Waals surface area contributed by atoms with Crippen molar-refractivity contribution in [1.82, 2.24) is 14.3 Å². The molecule has 0 radical (unpaired) electrons. The zero-order valence-electron chi connectivity index (χ0n) is 19.6. The number of hydrogen-bond acceptors (Lipinski definition) is 8. The van der Waals surface area contributed by atoms with Gasteiger partial charge in [0, 0.05) is 30.7 Å². The van der Waals surface area contributed by atoms with E-state index in [1.54, 1.807) is 13.0 Å². The first-order valence-corrected chi connectivity index (χ1v) is 13.9. The van der Waals surface area contributed by atoms with Gasteiger partial charge in [0.1, 0.15) is 5.75 Å². The number of anilines is 2. The van der Waals surface area contributed by atoms with Crippen molar-refractivity contribution in [2.75, 3.05) is 30.2 Å². The maximum Gasteiger partial charge on any atom is 0.264 e. The SMILES string of the molecule is COc1ccc(S(=O)(=O)N2CCCC2)cc1C(=O)Nc1ccc(S(=O)(=O)Nc2nccc(C)n2)cc1. The largest absolute Gasteiger partial charge is 0.496 e. The number of benzene rings is 2. The molecule has 4 rings (SSSR count). The molecular weight excluding hydrogens is 506 g/mol. The van der Waals surface area contributed by atoms with Gasteiger partial charge in [-0.15, -0.1) is 0 Å². The van der Waals surface area contributed by atoms with Crippen LogP contribution in [0.1, 0.15) is 28.9 Å². The first-order valence-electron chi connectivity index (χ1n) is 11.0. The Morgan fingerprint density at radius 3 is 2.28 bits per heavy atom. The van der Waals surface area contributed by atoms with Crippen LogP contribution in [0, 0.1) is 6.92 Å². The second-order valence-corrected chi connectivity index (χ2v) is 11.7. The Morgan fingerprint density at radius 2 is 1.64 bits per heavy atom. The van der Waals surface area contributed by atoms with Crippen LogP contribution in [0.3, 0.4) is 0 Å². The highest BCUT2D eigenvalue weighted by Crippen LogP contribution is 2.27. The summed E-state index contributed by atoms with van der Waals surface area (Å²) >= 11 is 0. The molecule has 1 fully saturated rings. The second-order valence-electron chi connectivity index (χ2n) is 8.08. The average molecular weight is 532 g/mol. The highest BCUT2D eigenvalue weighted by atomic mass is 32.2. The smallest absolute Gasteiger partial charge is 0.264 e. The van der Waals surface area contributed by atoms with Crippen molar-refractivity contribution >= 4 is 37.6 Å². The van der Waals surface area contributed by atoms with Crippen molar-refractivity contribution in [3.63, 3.8) is 0 Å². The van der Waals surface area contributed by atoms with E-state index >= 15 is 0 Å². The van der Waals surface area contributed by atoms with Gasteiger partial charge < -0.3 is 10.1 Å². The summed E-state index contributed by atoms with van der Waals surface area (Å²) in [5, 5.41) is 2.65. The van der Waals surface area contributed by atoms with Gasteiger partial charge in [-0.25, -0.2) is 31.5 Å². The Bertz CT molecular complexity index is 1490. The molecule has 2 aromatic carbocycles. The van der Waals surface area contributed by atoms with Gasteiger partial charge in [-0.3, -0.25) is 4.79 Å². The van der Waals surface area contributed by atoms with Crippen LogP contribution < -0.4 is 14.8 Å². The second kappa shape index (κ2) is 10.2. The lowest BCUT2D eigenvalue weighted by molar-refractivity contribution is 0.102. The van der Waals surface area contributed by atoms with E-state index < -0.39 is 26.0 Å². The molecular formula is C23H25N5O6S2. The molecule has 2 N–H and O–H groups in total. The Balaban J connectivity index is 1.53. The predicted molar refractivity (Wildman–Crippen MR) is 133 cm³/mol. The van der Waals surface area contributed by atoms with Crippen molar-refractivity contribution < 1.29 is 26.4 Å². The number of nitrogens with one attached hydrogen (secondary N) is 2. The number of aromatic nitrogens is 2. The van der Waals surface area contributed by atoms with Gasteiger partial charge in [-0.1, -0.05) is 0 Å². The normalized spacial score (nSPS) is 14.4. The van der Waals surface area contributed by atoms with Crippen LogP contribution in [0.5, 0.6) is 5.75 Å². The molecule has 0 aliphatic carbocycles. The van der Waals surface area contributed by atoms with Crippen molar-refractivity contribution in [3.05, 3.63) is 66.0 Å². The summed E-state index contributed by atoms with van der Waals surface area (Å²) in [5.74, 6) is -0.454. The number of carbonyl (C=O) groups excluding carboxylic acids is 1. The lowest BCUT2D eigenvalue weighted by Crippen LogP contribution is -2.28. The third-order valence-corrected chi connectivity index (χ3v) is 8.80. The van der Waals surface area contributed by atoms with Crippen LogP contribution in [-0.4, -0.2) is 57.2 Å². The van der Waals surface area contributed by atoms with Gasteiger partial charge in [0.25, 0.3) is 15.9 Å². The lowest BCUT2D eigenvalue weighted by Gasteiger charge is -2.17. The number of amides is 1. The Labute approximate surface area is 209 Å². The fraction of sp³-hybridized carbons (Fsp3) is 0.261. The summed E-state index contributed by atoms with van der Waals surface area (Å²) in [6.07, 6.45) is 3.03. The molecule has 1 aliphatic heterocycles. The number of rotatable bonds is 8. The third kappa shape index (κ3) is 5.48. The number of carbonyl (C=O) groups is 1. The number of methoxy groups -OCH3 is 1. The summed E-state index contributed by atoms with van der Waals surface area (Å²) in [6.45, 7) is 2.59. The van der Waals surface area contributed by atoms with E-state index in [0.717, 1.165) is 12.8 Å². The molecule has 1 saturated heterocycles. The van der Waals surface area contributed by atoms with E-state index in [1.165, 1.54) is 60.1 Å². The molecule has 36 heavy (non-hydrogen) atoms. The lowest BCUT2D eigenvalue weighted by atomic mass is 10.2. The van der Waals surface area contributed by atoms with Gasteiger partial charge in [-0.05, 0) is 68.3 Å². The van der Waals surface area contributed by atoms with E-state index in [2.05, 4.69) is 20.0 Å². The molecule has 1 aromatic heterocycles. The molecule has 1 aliphatic rings. The monoisotopic (exact) mass is 531 g/mol. The van der Waals surface area contributed by atoms with Crippen LogP contribution in [0.2, 0.25) is 0 Å². The number of aryl methyl sites for hydroxylation is 1. The van der Waals surface area contributed by atoms with Gasteiger partial charge in [0.2, 0.25) is 16.0 Å². The van der Waals surface area contributed by atoms with Gasteiger partial charge >= 0.3 is 0 Å². The van der Waals surface area contributed by atoms with Crippen LogP contribution in [0.25, 0.3) is 0 Å². The van der Waals surface area contributed by atoms with E-state index in [4.69, 9.17) is 4.74 Å². The maximum atomic E-state index is 13.0. The zero-order valence-corrected chi connectivity index (χ0v) is 21.3. The highest BCUT2D eigenvalue weighted by molar-refractivity contribution is 7.92. The average Bonchev–Trinajstić information content (AvgIpc) is 3.40. The molecule has 0 unspecified atom stereocenters. The van der Waals surface area contributed by atoms with E-state index in [1.807, 2.05) is 0 Å². The topological polar surface area (TPSA) is 148 Å². The summed E-state index contributed by atoms with van der Waals surface area (Å²) in [7, 11) is -6.30. The predicted octanol–water partition coefficient (Wildman–Crippen LogP) is 2.63. The van der Waals surface area contributed by atoms with Gasteiger partial charge in [0.15, 0.2) is 0 Å². The molecule has 0 atom stereocenters. The Morgan fingerprint density at radius 1 is 0.972 bits per heavy atom. The highest BCUT2D eigenvalue weighted by Gasteiger charge is 2.28. The molecule has 1 amide bonds. The Hall–Kier alpha value is -3.55. The minimum atomic E-state index is -3.95. The van der Waals surface area contributed by atoms with Crippen molar-refractivity contribution in [2.24, 2.45) is 0 Å². The summed E-state index contributed by atoms with van der Waals surface area (Å²) < 4.78 is 60.1. The molecule has 0 saturated carbocycles. The molecule has 190 valence electrons. The molecule has 11 nitrogen and oxygen atoms in total. The fourth-order valence-corrected chi connectivity index (χ4v) is 6.19. The summed E-state index contributed by atoms with van der Waals surface area (Å²) in [4.78, 5) is 20.9. The Kier molecular flexibility index (Phi) is 7.24. The molecule has 2 heterocycles. The minimum Gasteiger partial charge on any atom is -0.496 e. The van der Waals surface area contributed by atoms with E-state index in [9.17, 15) is 21.6 Å². The molecule has 13 heteroatoms. The molecule has 0 bridgehead atoms. The van der Waals surface area contributed by atoms with Gasteiger partial charge in [-0.2, -0.15) is 4.31 Å². The number of nitrogens with zero attached hydrogens (tertiary/aromatic N) is 3. The first kappa shape index (κ1) is 25.5. The van der Waals surface area contributed by atoms with E-state index in [-0.39, 0.29) is 27.1 Å². The van der Waals surface area contributed by atoms with Crippen LogP contribution in [0.4, 0.5) is 11.6 Å². The molecule has 3 aromatic rings. The van der Waals surface area contributed by atoms with Gasteiger partial charge in [0.05, 0.1) is 22.5 Å². The summed E-state index contributed by atoms with van der Waals surface area (Å²) in [5.41, 5.74) is 0.946. The van der Waals surface area contributed by atoms with Crippen LogP contribution >= 0.6 is 0 Å². The fourth-order valence-electron chi connectivity index (χ4n) is 3.70. The van der Waals surface area contributed by atoms with Crippen LogP contribution in [-0.2, 0) is 20.0 Å². The summed E-state index contributed by atoms with van der Waals surface area (Å²) in [6, 6.07) is 11.2. The number of ether oxygens (including phenoxy) is 1.